The van der Waals surface area contributed by atoms with Crippen LogP contribution in [0.15, 0.2) is 30.3 Å². The van der Waals surface area contributed by atoms with Gasteiger partial charge in [-0.25, -0.2) is 0 Å². The van der Waals surface area contributed by atoms with E-state index in [2.05, 4.69) is 0 Å². The monoisotopic (exact) mass is 450 g/mol. The number of Topliss-reactive ketones (excluding diaryl/α,β-unsaturated/α-hetero) is 1. The number of phenols is 4. The van der Waals surface area contributed by atoms with Crippen LogP contribution in [0.25, 0.3) is 11.1 Å². The molecule has 0 amide bonds. The molecular weight excluding hydrogens is 432 g/mol. The molecule has 4 rings (SSSR count). The van der Waals surface area contributed by atoms with E-state index in [-0.39, 0.29) is 44.9 Å². The van der Waals surface area contributed by atoms with E-state index in [1.54, 1.807) is 0 Å². The van der Waals surface area contributed by atoms with Gasteiger partial charge in [-0.1, -0.05) is 12.1 Å². The van der Waals surface area contributed by atoms with E-state index in [1.165, 1.54) is 39.3 Å². The molecule has 3 aromatic rings. The Morgan fingerprint density at radius 1 is 0.727 bits per heavy atom. The number of fused-ring (bicyclic) bond motifs is 2. The van der Waals surface area contributed by atoms with E-state index in [9.17, 15) is 34.8 Å². The van der Waals surface area contributed by atoms with Crippen LogP contribution in [0.5, 0.6) is 34.5 Å². The lowest BCUT2D eigenvalue weighted by atomic mass is 9.78. The zero-order valence-corrected chi connectivity index (χ0v) is 17.7. The van der Waals surface area contributed by atoms with E-state index in [0.717, 1.165) is 12.1 Å². The minimum Gasteiger partial charge on any atom is -0.507 e. The van der Waals surface area contributed by atoms with Crippen molar-refractivity contribution in [1.82, 2.24) is 0 Å². The quantitative estimate of drug-likeness (QED) is 0.344. The number of phenolic OH excluding ortho intramolecular Hbond substituents is 4. The minimum absolute atomic E-state index is 0.107. The first-order valence-electron chi connectivity index (χ1n) is 9.63. The van der Waals surface area contributed by atoms with Gasteiger partial charge in [-0.2, -0.15) is 0 Å². The number of hydrogen-bond donors (Lipinski definition) is 4. The second kappa shape index (κ2) is 7.56. The van der Waals surface area contributed by atoms with Crippen molar-refractivity contribution in [3.05, 3.63) is 58.1 Å². The lowest BCUT2D eigenvalue weighted by Crippen LogP contribution is -2.22. The van der Waals surface area contributed by atoms with Crippen LogP contribution >= 0.6 is 0 Å². The molecule has 9 heteroatoms. The third kappa shape index (κ3) is 2.97. The predicted molar refractivity (Wildman–Crippen MR) is 115 cm³/mol. The molecule has 0 aliphatic heterocycles. The molecule has 0 aromatic heterocycles. The number of methoxy groups -OCH3 is 2. The number of ether oxygens (including phenoxy) is 2. The van der Waals surface area contributed by atoms with Gasteiger partial charge in [0, 0.05) is 28.8 Å². The van der Waals surface area contributed by atoms with Crippen molar-refractivity contribution in [2.24, 2.45) is 0 Å². The van der Waals surface area contributed by atoms with Crippen molar-refractivity contribution in [3.8, 4) is 45.6 Å². The number of ketones is 3. The largest absolute Gasteiger partial charge is 0.507 e. The molecule has 0 fully saturated rings. The molecule has 0 bridgehead atoms. The highest BCUT2D eigenvalue weighted by Gasteiger charge is 2.39. The first kappa shape index (κ1) is 21.7. The highest BCUT2D eigenvalue weighted by molar-refractivity contribution is 6.32. The van der Waals surface area contributed by atoms with E-state index >= 15 is 0 Å². The molecule has 3 aromatic carbocycles. The zero-order valence-electron chi connectivity index (χ0n) is 17.7. The van der Waals surface area contributed by atoms with Crippen LogP contribution in [0, 0.1) is 0 Å². The van der Waals surface area contributed by atoms with Crippen LogP contribution < -0.4 is 9.47 Å². The number of benzene rings is 3. The summed E-state index contributed by atoms with van der Waals surface area (Å²) in [5, 5.41) is 41.8. The van der Waals surface area contributed by atoms with Crippen LogP contribution in [0.2, 0.25) is 0 Å². The molecule has 0 spiro atoms. The van der Waals surface area contributed by atoms with Gasteiger partial charge in [-0.05, 0) is 13.0 Å². The van der Waals surface area contributed by atoms with Crippen molar-refractivity contribution in [1.29, 1.82) is 0 Å². The minimum atomic E-state index is -0.817. The van der Waals surface area contributed by atoms with Crippen molar-refractivity contribution < 1.29 is 44.3 Å². The van der Waals surface area contributed by atoms with Gasteiger partial charge in [0.1, 0.15) is 40.1 Å². The van der Waals surface area contributed by atoms with Gasteiger partial charge >= 0.3 is 0 Å². The van der Waals surface area contributed by atoms with Gasteiger partial charge in [-0.15, -0.1) is 0 Å². The Morgan fingerprint density at radius 3 is 2.00 bits per heavy atom. The molecule has 0 saturated carbocycles. The van der Waals surface area contributed by atoms with Gasteiger partial charge in [0.15, 0.2) is 11.6 Å². The SMILES string of the molecule is COc1cc(O)c2c(c1-c1c(O)cc(O)c(C(C)=O)c1OC)C(=O)c1cccc(O)c1C2=O. The summed E-state index contributed by atoms with van der Waals surface area (Å²) >= 11 is 0. The van der Waals surface area contributed by atoms with Crippen LogP contribution in [0.3, 0.4) is 0 Å². The summed E-state index contributed by atoms with van der Waals surface area (Å²) in [6.07, 6.45) is 0. The number of hydrogen-bond acceptors (Lipinski definition) is 9. The molecule has 168 valence electrons. The van der Waals surface area contributed by atoms with Crippen molar-refractivity contribution in [3.63, 3.8) is 0 Å². The van der Waals surface area contributed by atoms with Gasteiger partial charge < -0.3 is 29.9 Å². The average molecular weight is 450 g/mol. The smallest absolute Gasteiger partial charge is 0.201 e. The molecule has 1 aliphatic rings. The van der Waals surface area contributed by atoms with Crippen molar-refractivity contribution in [2.45, 2.75) is 6.92 Å². The molecule has 0 atom stereocenters. The highest BCUT2D eigenvalue weighted by atomic mass is 16.5. The third-order valence-corrected chi connectivity index (χ3v) is 5.50. The zero-order chi connectivity index (χ0) is 24.2. The highest BCUT2D eigenvalue weighted by Crippen LogP contribution is 2.52. The Kier molecular flexibility index (Phi) is 4.97. The Hall–Kier alpha value is -4.53. The van der Waals surface area contributed by atoms with Gasteiger partial charge in [0.05, 0.1) is 30.9 Å². The Balaban J connectivity index is 2.21. The maximum absolute atomic E-state index is 13.5. The molecule has 0 radical (unpaired) electrons. The molecule has 4 N–H and O–H groups in total. The summed E-state index contributed by atoms with van der Waals surface area (Å²) in [5.41, 5.74) is -1.71. The van der Waals surface area contributed by atoms with Crippen LogP contribution in [0.1, 0.15) is 49.1 Å². The number of carbonyl (C=O) groups is 3. The topological polar surface area (TPSA) is 151 Å². The Morgan fingerprint density at radius 2 is 1.39 bits per heavy atom. The summed E-state index contributed by atoms with van der Waals surface area (Å²) in [7, 11) is 2.44. The van der Waals surface area contributed by atoms with Crippen LogP contribution in [0.4, 0.5) is 0 Å². The first-order chi connectivity index (χ1) is 15.6. The summed E-state index contributed by atoms with van der Waals surface area (Å²) in [4.78, 5) is 39.0. The fourth-order valence-electron chi connectivity index (χ4n) is 4.16. The molecule has 9 nitrogen and oxygen atoms in total. The number of aromatic hydroxyl groups is 4. The van der Waals surface area contributed by atoms with Gasteiger partial charge in [-0.3, -0.25) is 14.4 Å². The van der Waals surface area contributed by atoms with Gasteiger partial charge in [0.2, 0.25) is 5.78 Å². The third-order valence-electron chi connectivity index (χ3n) is 5.50. The predicted octanol–water partition coefficient (Wildman–Crippen LogP) is 3.17. The number of carbonyl (C=O) groups excluding carboxylic acids is 3. The number of rotatable bonds is 4. The van der Waals surface area contributed by atoms with Crippen molar-refractivity contribution >= 4 is 17.3 Å². The summed E-state index contributed by atoms with van der Waals surface area (Å²) in [6, 6.07) is 5.94. The molecule has 0 unspecified atom stereocenters. The fourth-order valence-corrected chi connectivity index (χ4v) is 4.16. The maximum Gasteiger partial charge on any atom is 0.201 e. The van der Waals surface area contributed by atoms with E-state index < -0.39 is 45.9 Å². The van der Waals surface area contributed by atoms with Crippen molar-refractivity contribution in [2.75, 3.05) is 14.2 Å². The maximum atomic E-state index is 13.5. The molecule has 0 saturated heterocycles. The molecular formula is C24H18O9. The average Bonchev–Trinajstić information content (AvgIpc) is 2.76. The lowest BCUT2D eigenvalue weighted by molar-refractivity contribution is 0.0974. The summed E-state index contributed by atoms with van der Waals surface area (Å²) in [6.45, 7) is 1.18. The van der Waals surface area contributed by atoms with Crippen LogP contribution in [-0.2, 0) is 0 Å². The van der Waals surface area contributed by atoms with Gasteiger partial charge in [0.25, 0.3) is 0 Å². The molecule has 0 heterocycles. The van der Waals surface area contributed by atoms with Crippen LogP contribution in [-0.4, -0.2) is 52.0 Å². The normalized spacial score (nSPS) is 12.2. The second-order valence-electron chi connectivity index (χ2n) is 7.34. The second-order valence-corrected chi connectivity index (χ2v) is 7.34. The van der Waals surface area contributed by atoms with E-state index in [0.29, 0.717) is 0 Å². The molecule has 1 aliphatic carbocycles. The first-order valence-corrected chi connectivity index (χ1v) is 9.63. The Bertz CT molecular complexity index is 1390. The lowest BCUT2D eigenvalue weighted by Gasteiger charge is -2.25. The fraction of sp³-hybridized carbons (Fsp3) is 0.125. The van der Waals surface area contributed by atoms with E-state index in [1.807, 2.05) is 0 Å². The van der Waals surface area contributed by atoms with E-state index in [4.69, 9.17) is 9.47 Å². The molecule has 33 heavy (non-hydrogen) atoms. The summed E-state index contributed by atoms with van der Waals surface area (Å²) in [5.74, 6) is -4.64. The summed E-state index contributed by atoms with van der Waals surface area (Å²) < 4.78 is 10.7. The standard InChI is InChI=1S/C24H18O9/c1-9(25)16-12(27)7-13(28)19(24(16)33-3)20-15(32-2)8-14(29)18-21(20)22(30)10-5-4-6-11(26)17(10)23(18)31/h4-8,26-29H,1-3H3. The Labute approximate surface area is 187 Å².